The molecule has 0 aliphatic rings. The van der Waals surface area contributed by atoms with Gasteiger partial charge in [0.05, 0.1) is 11.1 Å². The number of amides is 1. The molecule has 0 fully saturated rings. The number of aliphatic carboxylic acids is 1. The number of aromatic nitrogens is 1. The Labute approximate surface area is 112 Å². The summed E-state index contributed by atoms with van der Waals surface area (Å²) in [5.41, 5.74) is -0.0373. The Balaban J connectivity index is 2.81. The number of carboxylic acids is 1. The molecular formula is C13H20N2O4. The van der Waals surface area contributed by atoms with Gasteiger partial charge in [-0.1, -0.05) is 19.0 Å². The van der Waals surface area contributed by atoms with Gasteiger partial charge in [0.2, 0.25) is 0 Å². The summed E-state index contributed by atoms with van der Waals surface area (Å²) in [5, 5.41) is 15.7. The number of hydrogen-bond acceptors (Lipinski definition) is 4. The van der Waals surface area contributed by atoms with E-state index >= 15 is 0 Å². The predicted octanol–water partition coefficient (Wildman–Crippen LogP) is 1.91. The molecule has 1 aromatic heterocycles. The van der Waals surface area contributed by atoms with Crippen LogP contribution in [0.4, 0.5) is 0 Å². The van der Waals surface area contributed by atoms with E-state index in [-0.39, 0.29) is 12.5 Å². The van der Waals surface area contributed by atoms with Gasteiger partial charge in [0.25, 0.3) is 5.91 Å². The molecule has 0 saturated heterocycles. The van der Waals surface area contributed by atoms with Crippen LogP contribution in [-0.4, -0.2) is 28.7 Å². The van der Waals surface area contributed by atoms with Crippen LogP contribution < -0.4 is 5.32 Å². The second kappa shape index (κ2) is 5.86. The van der Waals surface area contributed by atoms with Crippen molar-refractivity contribution in [1.29, 1.82) is 0 Å². The minimum absolute atomic E-state index is 0.0955. The first-order valence-electron chi connectivity index (χ1n) is 6.32. The third-order valence-corrected chi connectivity index (χ3v) is 3.65. The van der Waals surface area contributed by atoms with E-state index in [2.05, 4.69) is 10.5 Å². The van der Waals surface area contributed by atoms with Gasteiger partial charge >= 0.3 is 5.97 Å². The van der Waals surface area contributed by atoms with Crippen molar-refractivity contribution in [3.05, 3.63) is 17.0 Å². The van der Waals surface area contributed by atoms with Crippen molar-refractivity contribution in [3.8, 4) is 0 Å². The zero-order valence-electron chi connectivity index (χ0n) is 11.7. The second-order valence-corrected chi connectivity index (χ2v) is 4.67. The van der Waals surface area contributed by atoms with Crippen LogP contribution in [0.2, 0.25) is 0 Å². The van der Waals surface area contributed by atoms with Crippen LogP contribution >= 0.6 is 0 Å². The van der Waals surface area contributed by atoms with Crippen molar-refractivity contribution in [2.24, 2.45) is 5.41 Å². The van der Waals surface area contributed by atoms with Gasteiger partial charge in [-0.3, -0.25) is 9.59 Å². The Morgan fingerprint density at radius 2 is 1.89 bits per heavy atom. The molecule has 0 bridgehead atoms. The van der Waals surface area contributed by atoms with E-state index < -0.39 is 11.4 Å². The quantitative estimate of drug-likeness (QED) is 0.822. The first kappa shape index (κ1) is 15.2. The molecule has 0 aliphatic carbocycles. The molecule has 1 amide bonds. The van der Waals surface area contributed by atoms with E-state index in [9.17, 15) is 14.7 Å². The fourth-order valence-electron chi connectivity index (χ4n) is 2.02. The van der Waals surface area contributed by atoms with E-state index in [1.807, 2.05) is 0 Å². The lowest BCUT2D eigenvalue weighted by Crippen LogP contribution is -2.42. The van der Waals surface area contributed by atoms with Crippen LogP contribution in [0.1, 0.15) is 48.5 Å². The molecule has 2 N–H and O–H groups in total. The molecule has 6 heteroatoms. The van der Waals surface area contributed by atoms with Crippen molar-refractivity contribution in [2.75, 3.05) is 6.54 Å². The summed E-state index contributed by atoms with van der Waals surface area (Å²) in [4.78, 5) is 23.4. The summed E-state index contributed by atoms with van der Waals surface area (Å²) < 4.78 is 4.92. The Morgan fingerprint density at radius 3 is 2.26 bits per heavy atom. The monoisotopic (exact) mass is 268 g/mol. The number of nitrogens with zero attached hydrogens (tertiary/aromatic N) is 1. The number of carboxylic acid groups (broad SMARTS) is 1. The van der Waals surface area contributed by atoms with Gasteiger partial charge in [0.1, 0.15) is 11.3 Å². The number of nitrogens with one attached hydrogen (secondary N) is 1. The van der Waals surface area contributed by atoms with Gasteiger partial charge in [0, 0.05) is 6.54 Å². The van der Waals surface area contributed by atoms with Gasteiger partial charge in [-0.15, -0.1) is 0 Å². The van der Waals surface area contributed by atoms with Gasteiger partial charge in [-0.2, -0.15) is 0 Å². The minimum atomic E-state index is -0.922. The Bertz CT molecular complexity index is 455. The van der Waals surface area contributed by atoms with Crippen LogP contribution in [0.5, 0.6) is 0 Å². The zero-order chi connectivity index (χ0) is 14.6. The molecule has 0 saturated carbocycles. The average Bonchev–Trinajstić information content (AvgIpc) is 2.70. The number of carbonyl (C=O) groups is 2. The van der Waals surface area contributed by atoms with Crippen LogP contribution in [-0.2, 0) is 4.79 Å². The largest absolute Gasteiger partial charge is 0.481 e. The lowest BCUT2D eigenvalue weighted by atomic mass is 9.82. The first-order valence-corrected chi connectivity index (χ1v) is 6.32. The standard InChI is InChI=1S/C13H20N2O4/c1-5-13(6-2,12(17)18)7-14-11(16)10-8(3)15-19-9(10)4/h5-7H2,1-4H3,(H,14,16)(H,17,18). The van der Waals surface area contributed by atoms with Gasteiger partial charge in [-0.05, 0) is 26.7 Å². The zero-order valence-corrected chi connectivity index (χ0v) is 11.7. The van der Waals surface area contributed by atoms with E-state index in [0.717, 1.165) is 0 Å². The van der Waals surface area contributed by atoms with Crippen molar-refractivity contribution in [3.63, 3.8) is 0 Å². The molecule has 0 aromatic carbocycles. The summed E-state index contributed by atoms with van der Waals surface area (Å²) >= 11 is 0. The topological polar surface area (TPSA) is 92.4 Å². The smallest absolute Gasteiger partial charge is 0.311 e. The van der Waals surface area contributed by atoms with E-state index in [1.165, 1.54) is 0 Å². The molecular weight excluding hydrogens is 248 g/mol. The molecule has 1 heterocycles. The maximum absolute atomic E-state index is 12.0. The Kier molecular flexibility index (Phi) is 4.69. The van der Waals surface area contributed by atoms with Gasteiger partial charge < -0.3 is 14.9 Å². The normalized spacial score (nSPS) is 11.4. The highest BCUT2D eigenvalue weighted by Crippen LogP contribution is 2.26. The minimum Gasteiger partial charge on any atom is -0.481 e. The van der Waals surface area contributed by atoms with E-state index in [1.54, 1.807) is 27.7 Å². The number of aryl methyl sites for hydroxylation is 2. The fourth-order valence-corrected chi connectivity index (χ4v) is 2.02. The third kappa shape index (κ3) is 2.94. The lowest BCUT2D eigenvalue weighted by Gasteiger charge is -2.26. The highest BCUT2D eigenvalue weighted by Gasteiger charge is 2.35. The molecule has 1 aromatic rings. The van der Waals surface area contributed by atoms with Crippen molar-refractivity contribution in [2.45, 2.75) is 40.5 Å². The van der Waals surface area contributed by atoms with Gasteiger partial charge in [-0.25, -0.2) is 0 Å². The van der Waals surface area contributed by atoms with Crippen LogP contribution in [0, 0.1) is 19.3 Å². The summed E-state index contributed by atoms with van der Waals surface area (Å²) in [6, 6.07) is 0. The molecule has 6 nitrogen and oxygen atoms in total. The molecule has 0 spiro atoms. The second-order valence-electron chi connectivity index (χ2n) is 4.67. The fraction of sp³-hybridized carbons (Fsp3) is 0.615. The van der Waals surface area contributed by atoms with Crippen molar-refractivity contribution >= 4 is 11.9 Å². The third-order valence-electron chi connectivity index (χ3n) is 3.65. The number of hydrogen-bond donors (Lipinski definition) is 2. The number of carbonyl (C=O) groups excluding carboxylic acids is 1. The lowest BCUT2D eigenvalue weighted by molar-refractivity contribution is -0.149. The van der Waals surface area contributed by atoms with Crippen LogP contribution in [0.25, 0.3) is 0 Å². The SMILES string of the molecule is CCC(CC)(CNC(=O)c1c(C)noc1C)C(=O)O. The van der Waals surface area contributed by atoms with Crippen molar-refractivity contribution < 1.29 is 19.2 Å². The molecule has 0 radical (unpaired) electrons. The maximum Gasteiger partial charge on any atom is 0.311 e. The molecule has 0 aliphatic heterocycles. The summed E-state index contributed by atoms with van der Waals surface area (Å²) in [5.74, 6) is -0.802. The van der Waals surface area contributed by atoms with Crippen molar-refractivity contribution in [1.82, 2.24) is 10.5 Å². The van der Waals surface area contributed by atoms with E-state index in [4.69, 9.17) is 4.52 Å². The van der Waals surface area contributed by atoms with Crippen LogP contribution in [0.3, 0.4) is 0 Å². The summed E-state index contributed by atoms with van der Waals surface area (Å²) in [7, 11) is 0. The molecule has 1 rings (SSSR count). The molecule has 106 valence electrons. The summed E-state index contributed by atoms with van der Waals surface area (Å²) in [6.07, 6.45) is 0.918. The summed E-state index contributed by atoms with van der Waals surface area (Å²) in [6.45, 7) is 7.03. The van der Waals surface area contributed by atoms with Gasteiger partial charge in [0.15, 0.2) is 0 Å². The van der Waals surface area contributed by atoms with Crippen LogP contribution in [0.15, 0.2) is 4.52 Å². The predicted molar refractivity (Wildman–Crippen MR) is 69.0 cm³/mol. The maximum atomic E-state index is 12.0. The average molecular weight is 268 g/mol. The highest BCUT2D eigenvalue weighted by atomic mass is 16.5. The van der Waals surface area contributed by atoms with E-state index in [0.29, 0.717) is 29.9 Å². The first-order chi connectivity index (χ1) is 8.88. The Hall–Kier alpha value is -1.85. The molecule has 19 heavy (non-hydrogen) atoms. The Morgan fingerprint density at radius 1 is 1.32 bits per heavy atom. The highest BCUT2D eigenvalue weighted by molar-refractivity contribution is 5.96. The molecule has 0 unspecified atom stereocenters. The molecule has 0 atom stereocenters. The number of rotatable bonds is 6.